The second kappa shape index (κ2) is 9.18. The van der Waals surface area contributed by atoms with E-state index in [4.69, 9.17) is 0 Å². The normalized spacial score (nSPS) is 15.9. The zero-order valence-electron chi connectivity index (χ0n) is 16.9. The molecule has 1 saturated heterocycles. The minimum Gasteiger partial charge on any atom is -0.324 e. The van der Waals surface area contributed by atoms with Gasteiger partial charge < -0.3 is 5.32 Å². The van der Waals surface area contributed by atoms with Gasteiger partial charge in [0.1, 0.15) is 0 Å². The van der Waals surface area contributed by atoms with Crippen molar-refractivity contribution in [3.05, 3.63) is 65.2 Å². The summed E-state index contributed by atoms with van der Waals surface area (Å²) in [5.41, 5.74) is 4.77. The van der Waals surface area contributed by atoms with Crippen molar-refractivity contribution in [3.8, 4) is 0 Å². The molecular weight excluding hydrogens is 332 g/mol. The van der Waals surface area contributed by atoms with Crippen molar-refractivity contribution in [1.82, 2.24) is 4.90 Å². The van der Waals surface area contributed by atoms with Gasteiger partial charge in [-0.05, 0) is 67.8 Å². The Morgan fingerprint density at radius 1 is 1.07 bits per heavy atom. The van der Waals surface area contributed by atoms with E-state index >= 15 is 0 Å². The molecule has 1 aliphatic heterocycles. The van der Waals surface area contributed by atoms with Crippen LogP contribution in [0.15, 0.2) is 48.5 Å². The number of likely N-dealkylation sites (tertiary alicyclic amines) is 1. The lowest BCUT2D eigenvalue weighted by atomic mass is 9.90. The summed E-state index contributed by atoms with van der Waals surface area (Å²) in [6, 6.07) is 17.0. The van der Waals surface area contributed by atoms with Crippen molar-refractivity contribution < 1.29 is 4.79 Å². The molecule has 1 aliphatic rings. The van der Waals surface area contributed by atoms with Gasteiger partial charge in [0.25, 0.3) is 0 Å². The van der Waals surface area contributed by atoms with Gasteiger partial charge in [-0.1, -0.05) is 62.4 Å². The molecule has 0 aromatic heterocycles. The highest BCUT2D eigenvalue weighted by atomic mass is 16.2. The lowest BCUT2D eigenvalue weighted by Crippen LogP contribution is -2.39. The SMILES string of the molecule is Cc1cccc(C(C)C)c1NC(=O)CN1CCC(Cc2ccccc2)CC1. The third kappa shape index (κ3) is 5.43. The van der Waals surface area contributed by atoms with E-state index < -0.39 is 0 Å². The summed E-state index contributed by atoms with van der Waals surface area (Å²) >= 11 is 0. The molecule has 0 radical (unpaired) electrons. The van der Waals surface area contributed by atoms with Crippen LogP contribution in [0.5, 0.6) is 0 Å². The zero-order chi connectivity index (χ0) is 19.2. The number of hydrogen-bond acceptors (Lipinski definition) is 2. The molecule has 0 atom stereocenters. The smallest absolute Gasteiger partial charge is 0.238 e. The number of piperidine rings is 1. The maximum Gasteiger partial charge on any atom is 0.238 e. The molecule has 0 bridgehead atoms. The van der Waals surface area contributed by atoms with Gasteiger partial charge in [-0.25, -0.2) is 0 Å². The molecule has 0 unspecified atom stereocenters. The first-order valence-electron chi connectivity index (χ1n) is 10.2. The van der Waals surface area contributed by atoms with Crippen molar-refractivity contribution in [3.63, 3.8) is 0 Å². The van der Waals surface area contributed by atoms with Crippen LogP contribution in [0.25, 0.3) is 0 Å². The second-order valence-corrected chi connectivity index (χ2v) is 8.15. The fraction of sp³-hybridized carbons (Fsp3) is 0.458. The van der Waals surface area contributed by atoms with E-state index in [9.17, 15) is 4.79 Å². The fourth-order valence-corrected chi connectivity index (χ4v) is 4.02. The highest BCUT2D eigenvalue weighted by Crippen LogP contribution is 2.27. The van der Waals surface area contributed by atoms with Gasteiger partial charge in [0, 0.05) is 5.69 Å². The highest BCUT2D eigenvalue weighted by Gasteiger charge is 2.21. The molecule has 144 valence electrons. The van der Waals surface area contributed by atoms with Crippen molar-refractivity contribution >= 4 is 11.6 Å². The van der Waals surface area contributed by atoms with Crippen molar-refractivity contribution in [2.45, 2.75) is 46.0 Å². The molecule has 3 heteroatoms. The fourth-order valence-electron chi connectivity index (χ4n) is 4.02. The Morgan fingerprint density at radius 2 is 1.78 bits per heavy atom. The summed E-state index contributed by atoms with van der Waals surface area (Å²) in [5.74, 6) is 1.23. The van der Waals surface area contributed by atoms with Crippen molar-refractivity contribution in [2.75, 3.05) is 25.0 Å². The maximum absolute atomic E-state index is 12.6. The number of aryl methyl sites for hydroxylation is 1. The number of nitrogens with one attached hydrogen (secondary N) is 1. The average molecular weight is 365 g/mol. The third-order valence-corrected chi connectivity index (χ3v) is 5.63. The summed E-state index contributed by atoms with van der Waals surface area (Å²) in [7, 11) is 0. The number of amides is 1. The van der Waals surface area contributed by atoms with E-state index in [-0.39, 0.29) is 5.91 Å². The van der Waals surface area contributed by atoms with Gasteiger partial charge in [0.05, 0.1) is 6.54 Å². The molecule has 2 aromatic rings. The Balaban J connectivity index is 1.50. The number of carbonyl (C=O) groups is 1. The summed E-state index contributed by atoms with van der Waals surface area (Å²) < 4.78 is 0. The third-order valence-electron chi connectivity index (χ3n) is 5.63. The lowest BCUT2D eigenvalue weighted by Gasteiger charge is -2.31. The molecule has 3 rings (SSSR count). The molecular formula is C24H32N2O. The zero-order valence-corrected chi connectivity index (χ0v) is 16.9. The Hall–Kier alpha value is -2.13. The molecule has 0 saturated carbocycles. The minimum atomic E-state index is 0.104. The summed E-state index contributed by atoms with van der Waals surface area (Å²) in [6.45, 7) is 8.91. The molecule has 1 heterocycles. The highest BCUT2D eigenvalue weighted by molar-refractivity contribution is 5.93. The Labute approximate surface area is 163 Å². The first kappa shape index (κ1) is 19.6. The second-order valence-electron chi connectivity index (χ2n) is 8.15. The van der Waals surface area contributed by atoms with E-state index in [1.807, 2.05) is 0 Å². The van der Waals surface area contributed by atoms with Gasteiger partial charge >= 0.3 is 0 Å². The van der Waals surface area contributed by atoms with Crippen LogP contribution < -0.4 is 5.32 Å². The summed E-state index contributed by atoms with van der Waals surface area (Å²) in [6.07, 6.45) is 3.50. The summed E-state index contributed by atoms with van der Waals surface area (Å²) in [5, 5.41) is 3.18. The van der Waals surface area contributed by atoms with Gasteiger partial charge in [-0.3, -0.25) is 9.69 Å². The molecule has 1 fully saturated rings. The molecule has 27 heavy (non-hydrogen) atoms. The minimum absolute atomic E-state index is 0.104. The van der Waals surface area contributed by atoms with Gasteiger partial charge in [0.15, 0.2) is 0 Å². The van der Waals surface area contributed by atoms with E-state index in [1.165, 1.54) is 24.0 Å². The number of carbonyl (C=O) groups excluding carboxylic acids is 1. The van der Waals surface area contributed by atoms with Crippen LogP contribution in [0, 0.1) is 12.8 Å². The van der Waals surface area contributed by atoms with Crippen LogP contribution >= 0.6 is 0 Å². The van der Waals surface area contributed by atoms with E-state index in [0.717, 1.165) is 36.7 Å². The molecule has 3 nitrogen and oxygen atoms in total. The monoisotopic (exact) mass is 364 g/mol. The van der Waals surface area contributed by atoms with Gasteiger partial charge in [-0.2, -0.15) is 0 Å². The average Bonchev–Trinajstić information content (AvgIpc) is 2.65. The number of nitrogens with zero attached hydrogens (tertiary/aromatic N) is 1. The topological polar surface area (TPSA) is 32.3 Å². The number of hydrogen-bond donors (Lipinski definition) is 1. The van der Waals surface area contributed by atoms with E-state index in [0.29, 0.717) is 12.5 Å². The standard InChI is InChI=1S/C24H32N2O/c1-18(2)22-11-7-8-19(3)24(22)25-23(27)17-26-14-12-21(13-15-26)16-20-9-5-4-6-10-20/h4-11,18,21H,12-17H2,1-3H3,(H,25,27). The predicted molar refractivity (Wildman–Crippen MR) is 113 cm³/mol. The first-order valence-corrected chi connectivity index (χ1v) is 10.2. The molecule has 0 spiro atoms. The largest absolute Gasteiger partial charge is 0.324 e. The van der Waals surface area contributed by atoms with Crippen LogP contribution in [0.3, 0.4) is 0 Å². The molecule has 1 N–H and O–H groups in total. The Morgan fingerprint density at radius 3 is 2.44 bits per heavy atom. The van der Waals surface area contributed by atoms with E-state index in [1.54, 1.807) is 0 Å². The summed E-state index contributed by atoms with van der Waals surface area (Å²) in [4.78, 5) is 14.9. The Kier molecular flexibility index (Phi) is 6.68. The number of benzene rings is 2. The van der Waals surface area contributed by atoms with Crippen molar-refractivity contribution in [1.29, 1.82) is 0 Å². The predicted octanol–water partition coefficient (Wildman–Crippen LogP) is 5.01. The number of anilines is 1. The van der Waals surface area contributed by atoms with Crippen LogP contribution in [0.4, 0.5) is 5.69 Å². The molecule has 0 aliphatic carbocycles. The Bertz CT molecular complexity index is 746. The van der Waals surface area contributed by atoms with Crippen LogP contribution in [-0.4, -0.2) is 30.4 Å². The lowest BCUT2D eigenvalue weighted by molar-refractivity contribution is -0.117. The van der Waals surface area contributed by atoms with Crippen LogP contribution in [0.1, 0.15) is 49.3 Å². The molecule has 1 amide bonds. The molecule has 2 aromatic carbocycles. The van der Waals surface area contributed by atoms with Gasteiger partial charge in [0.2, 0.25) is 5.91 Å². The first-order chi connectivity index (χ1) is 13.0. The van der Waals surface area contributed by atoms with Crippen LogP contribution in [-0.2, 0) is 11.2 Å². The quantitative estimate of drug-likeness (QED) is 0.781. The van der Waals surface area contributed by atoms with Crippen molar-refractivity contribution in [2.24, 2.45) is 5.92 Å². The number of para-hydroxylation sites is 1. The maximum atomic E-state index is 12.6. The van der Waals surface area contributed by atoms with E-state index in [2.05, 4.69) is 79.5 Å². The number of rotatable bonds is 6. The van der Waals surface area contributed by atoms with Crippen LogP contribution in [0.2, 0.25) is 0 Å². The van der Waals surface area contributed by atoms with Gasteiger partial charge in [-0.15, -0.1) is 0 Å².